The van der Waals surface area contributed by atoms with Crippen molar-refractivity contribution >= 4 is 0 Å². The predicted octanol–water partition coefficient (Wildman–Crippen LogP) is 9.70. The minimum absolute atomic E-state index is 0.783. The number of hydrogen-bond donors (Lipinski definition) is 1. The number of hydrogen-bond acceptors (Lipinski definition) is 4. The summed E-state index contributed by atoms with van der Waals surface area (Å²) < 4.78 is 12.8. The molecule has 1 aliphatic heterocycles. The number of benzene rings is 2. The van der Waals surface area contributed by atoms with Gasteiger partial charge in [0.2, 0.25) is 0 Å². The maximum atomic E-state index is 6.89. The van der Waals surface area contributed by atoms with Crippen LogP contribution in [0.4, 0.5) is 0 Å². The second-order valence-corrected chi connectivity index (χ2v) is 14.9. The van der Waals surface area contributed by atoms with Crippen LogP contribution in [0.3, 0.4) is 0 Å². The van der Waals surface area contributed by atoms with Crippen LogP contribution >= 0.6 is 0 Å². The average Bonchev–Trinajstić information content (AvgIpc) is 3.32. The van der Waals surface area contributed by atoms with Gasteiger partial charge in [0, 0.05) is 6.42 Å². The van der Waals surface area contributed by atoms with Crippen molar-refractivity contribution in [3.05, 3.63) is 71.0 Å². The fourth-order valence-electron chi connectivity index (χ4n) is 9.11. The largest absolute Gasteiger partial charge is 0.494 e. The molecule has 0 spiro atoms. The lowest BCUT2D eigenvalue weighted by molar-refractivity contribution is 0.0640. The molecule has 0 amide bonds. The zero-order chi connectivity index (χ0) is 30.7. The highest BCUT2D eigenvalue weighted by atomic mass is 16.5. The third-order valence-corrected chi connectivity index (χ3v) is 11.3. The number of nitrogens with zero attached hydrogens (tertiary/aromatic N) is 1. The third-order valence-electron chi connectivity index (χ3n) is 11.3. The molecule has 0 aromatic heterocycles. The van der Waals surface area contributed by atoms with Gasteiger partial charge in [-0.05, 0) is 168 Å². The van der Waals surface area contributed by atoms with E-state index in [1.54, 1.807) is 5.57 Å². The minimum atomic E-state index is 0.783. The topological polar surface area (TPSA) is 47.7 Å². The van der Waals surface area contributed by atoms with Crippen LogP contribution in [-0.4, -0.2) is 37.7 Å². The molecule has 0 unspecified atom stereocenters. The van der Waals surface area contributed by atoms with Crippen LogP contribution in [0, 0.1) is 23.7 Å². The molecule has 2 aromatic rings. The van der Waals surface area contributed by atoms with Crippen molar-refractivity contribution in [2.24, 2.45) is 29.4 Å². The summed E-state index contributed by atoms with van der Waals surface area (Å²) in [7, 11) is 0. The van der Waals surface area contributed by atoms with E-state index in [0.29, 0.717) is 0 Å². The molecule has 4 nitrogen and oxygen atoms in total. The first-order chi connectivity index (χ1) is 22.2. The molecular formula is C41H60N2O2. The first kappa shape index (κ1) is 32.6. The van der Waals surface area contributed by atoms with Gasteiger partial charge in [0.1, 0.15) is 17.3 Å². The first-order valence-electron chi connectivity index (χ1n) is 18.9. The van der Waals surface area contributed by atoms with Gasteiger partial charge >= 0.3 is 0 Å². The van der Waals surface area contributed by atoms with E-state index in [1.807, 2.05) is 0 Å². The van der Waals surface area contributed by atoms with E-state index in [-0.39, 0.29) is 0 Å². The molecule has 45 heavy (non-hydrogen) atoms. The quantitative estimate of drug-likeness (QED) is 0.143. The molecule has 0 radical (unpaired) electrons. The van der Waals surface area contributed by atoms with E-state index < -0.39 is 0 Å². The molecule has 4 aliphatic carbocycles. The number of nitrogens with two attached hydrogens (primary N) is 1. The van der Waals surface area contributed by atoms with Gasteiger partial charge in [-0.2, -0.15) is 0 Å². The highest BCUT2D eigenvalue weighted by molar-refractivity contribution is 5.35. The Kier molecular flexibility index (Phi) is 12.3. The molecule has 0 atom stereocenters. The van der Waals surface area contributed by atoms with Gasteiger partial charge in [0.25, 0.3) is 0 Å². The number of likely N-dealkylation sites (tertiary alicyclic amines) is 1. The summed E-state index contributed by atoms with van der Waals surface area (Å²) in [6.07, 6.45) is 23.3. The van der Waals surface area contributed by atoms with Gasteiger partial charge in [-0.15, -0.1) is 0 Å². The molecule has 1 saturated heterocycles. The molecule has 5 fully saturated rings. The molecule has 2 aromatic carbocycles. The highest BCUT2D eigenvalue weighted by Gasteiger charge is 2.46. The van der Waals surface area contributed by atoms with Crippen molar-refractivity contribution in [2.75, 3.05) is 32.8 Å². The molecule has 7 rings (SSSR count). The molecule has 1 heterocycles. The number of allylic oxidation sites excluding steroid dienone is 2. The predicted molar refractivity (Wildman–Crippen MR) is 187 cm³/mol. The van der Waals surface area contributed by atoms with Gasteiger partial charge < -0.3 is 20.1 Å². The van der Waals surface area contributed by atoms with Crippen molar-refractivity contribution in [2.45, 2.75) is 116 Å². The summed E-state index contributed by atoms with van der Waals surface area (Å²) in [4.78, 5) is 2.72. The number of unbranched alkanes of at least 4 members (excludes halogenated alkanes) is 5. The van der Waals surface area contributed by atoms with Gasteiger partial charge in [-0.3, -0.25) is 0 Å². The molecule has 246 valence electrons. The lowest BCUT2D eigenvalue weighted by Gasteiger charge is -2.51. The van der Waals surface area contributed by atoms with Gasteiger partial charge in [0.15, 0.2) is 0 Å². The number of rotatable bonds is 17. The molecule has 2 N–H and O–H groups in total. The summed E-state index contributed by atoms with van der Waals surface area (Å²) in [5.41, 5.74) is 9.96. The van der Waals surface area contributed by atoms with E-state index in [9.17, 15) is 0 Å². The first-order valence-corrected chi connectivity index (χ1v) is 18.9. The maximum absolute atomic E-state index is 6.89. The van der Waals surface area contributed by atoms with E-state index in [1.165, 1.54) is 126 Å². The van der Waals surface area contributed by atoms with Crippen LogP contribution < -0.4 is 15.2 Å². The Balaban J connectivity index is 1.02. The van der Waals surface area contributed by atoms with E-state index in [4.69, 9.17) is 15.2 Å². The Labute approximate surface area is 274 Å². The van der Waals surface area contributed by atoms with E-state index >= 15 is 0 Å². The fraction of sp³-hybridized carbons (Fsp3) is 0.659. The van der Waals surface area contributed by atoms with Crippen LogP contribution in [0.2, 0.25) is 0 Å². The zero-order valence-corrected chi connectivity index (χ0v) is 28.0. The monoisotopic (exact) mass is 612 g/mol. The molecular weight excluding hydrogens is 552 g/mol. The van der Waals surface area contributed by atoms with Crippen molar-refractivity contribution < 1.29 is 9.47 Å². The molecule has 5 aliphatic rings. The summed E-state index contributed by atoms with van der Waals surface area (Å²) in [5, 5.41) is 0. The summed E-state index contributed by atoms with van der Waals surface area (Å²) in [5.74, 6) is 6.88. The summed E-state index contributed by atoms with van der Waals surface area (Å²) in [6, 6.07) is 17.6. The van der Waals surface area contributed by atoms with Crippen molar-refractivity contribution in [1.82, 2.24) is 4.90 Å². The van der Waals surface area contributed by atoms with Crippen LogP contribution in [0.5, 0.6) is 11.5 Å². The number of ether oxygens (including phenoxy) is 2. The molecule has 4 heteroatoms. The van der Waals surface area contributed by atoms with Crippen LogP contribution in [0.15, 0.2) is 59.9 Å². The van der Waals surface area contributed by atoms with Gasteiger partial charge in [-0.1, -0.05) is 56.4 Å². The van der Waals surface area contributed by atoms with Crippen molar-refractivity contribution in [3.63, 3.8) is 0 Å². The standard InChI is InChI=1S/C41H60N2O2/c42-21-7-1-4-11-25-44-38-17-13-32(14-18-38)26-33-15-19-39(20-16-33)45-40(12-6-5-10-24-43-22-8-2-3-9-23-43)41-36-28-34-27-35(30-36)31-37(41)29-34/h13-20,34-37H,1-12,21-31,42H2. The highest BCUT2D eigenvalue weighted by Crippen LogP contribution is 2.57. The lowest BCUT2D eigenvalue weighted by Crippen LogP contribution is -2.41. The van der Waals surface area contributed by atoms with Crippen LogP contribution in [0.1, 0.15) is 120 Å². The second-order valence-electron chi connectivity index (χ2n) is 14.9. The van der Waals surface area contributed by atoms with Crippen LogP contribution in [-0.2, 0) is 6.42 Å². The van der Waals surface area contributed by atoms with Gasteiger partial charge in [-0.25, -0.2) is 0 Å². The Morgan fingerprint density at radius 2 is 1.24 bits per heavy atom. The normalized spacial score (nSPS) is 24.5. The smallest absolute Gasteiger partial charge is 0.126 e. The fourth-order valence-corrected chi connectivity index (χ4v) is 9.11. The Bertz CT molecular complexity index is 1150. The second kappa shape index (κ2) is 17.0. The SMILES string of the molecule is NCCCCCCOc1ccc(Cc2ccc(OC(CCCCCN3CCCCCC3)=C3C4CC5CC(C4)CC3C5)cc2)cc1. The maximum Gasteiger partial charge on any atom is 0.126 e. The Hall–Kier alpha value is -2.30. The minimum Gasteiger partial charge on any atom is -0.494 e. The summed E-state index contributed by atoms with van der Waals surface area (Å²) in [6.45, 7) is 5.49. The zero-order valence-electron chi connectivity index (χ0n) is 28.0. The third kappa shape index (κ3) is 9.61. The Morgan fingerprint density at radius 1 is 0.644 bits per heavy atom. The van der Waals surface area contributed by atoms with Crippen LogP contribution in [0.25, 0.3) is 0 Å². The average molecular weight is 613 g/mol. The molecule has 4 bridgehead atoms. The molecule has 4 saturated carbocycles. The summed E-state index contributed by atoms with van der Waals surface area (Å²) >= 11 is 0. The van der Waals surface area contributed by atoms with Crippen molar-refractivity contribution in [3.8, 4) is 11.5 Å². The van der Waals surface area contributed by atoms with E-state index in [0.717, 1.165) is 74.0 Å². The Morgan fingerprint density at radius 3 is 1.89 bits per heavy atom. The van der Waals surface area contributed by atoms with Crippen molar-refractivity contribution in [1.29, 1.82) is 0 Å². The van der Waals surface area contributed by atoms with Gasteiger partial charge in [0.05, 0.1) is 6.61 Å². The lowest BCUT2D eigenvalue weighted by atomic mass is 9.54. The van der Waals surface area contributed by atoms with E-state index in [2.05, 4.69) is 53.4 Å².